The summed E-state index contributed by atoms with van der Waals surface area (Å²) in [5.41, 5.74) is 1.89. The minimum atomic E-state index is -0.800. The summed E-state index contributed by atoms with van der Waals surface area (Å²) < 4.78 is 6.26. The van der Waals surface area contributed by atoms with Gasteiger partial charge in [0.15, 0.2) is 0 Å². The number of carbonyl (C=O) groups excluding carboxylic acids is 3. The van der Waals surface area contributed by atoms with Gasteiger partial charge in [-0.3, -0.25) is 19.4 Å². The number of pyridine rings is 1. The average Bonchev–Trinajstić information content (AvgIpc) is 2.94. The first kappa shape index (κ1) is 30.1. The molecule has 9 heteroatoms. The third-order valence-electron chi connectivity index (χ3n) is 7.43. The number of nitrogens with one attached hydrogen (secondary N) is 3. The summed E-state index contributed by atoms with van der Waals surface area (Å²) in [5.74, 6) is 0.0211. The quantitative estimate of drug-likeness (QED) is 0.553. The predicted molar refractivity (Wildman–Crippen MR) is 151 cm³/mol. The Balaban J connectivity index is 1.88. The fourth-order valence-electron chi connectivity index (χ4n) is 4.60. The maximum Gasteiger partial charge on any atom is 0.243 e. The van der Waals surface area contributed by atoms with E-state index in [-0.39, 0.29) is 29.7 Å². The molecule has 3 rings (SSSR count). The summed E-state index contributed by atoms with van der Waals surface area (Å²) >= 11 is 0. The standard InChI is InChI=1S/C30H43N5O4/c1-6-20(2)27-30(38)35(5)22(4)28(36)34-25(17-23-11-9-15-31-19-23)29(37)32-16-10-13-24-12-7-8-14-26(24)39-21(3)18-33-27/h7-9,11-12,14-15,19-22,25,27,33H,6,10,13,16-18H2,1-5H3,(H,32,37)(H,34,36)/t20?,21-,22-,25-,27+/m1/s1. The number of amides is 3. The number of ether oxygens (including phenoxy) is 1. The van der Waals surface area contributed by atoms with E-state index in [4.69, 9.17) is 4.74 Å². The molecule has 3 N–H and O–H groups in total. The molecule has 0 bridgehead atoms. The SMILES string of the molecule is CCC(C)[C@@H]1NC[C@@H](C)Oc2ccccc2CCCNC(=O)[C@@H](Cc2cccnc2)NC(=O)[C@@H](C)N(C)C1=O. The number of nitrogens with zero attached hydrogens (tertiary/aromatic N) is 2. The number of hydrogen-bond acceptors (Lipinski definition) is 6. The van der Waals surface area contributed by atoms with Gasteiger partial charge in [-0.1, -0.05) is 44.5 Å². The van der Waals surface area contributed by atoms with Gasteiger partial charge >= 0.3 is 0 Å². The number of carbonyl (C=O) groups is 3. The van der Waals surface area contributed by atoms with Crippen LogP contribution in [0.5, 0.6) is 5.75 Å². The lowest BCUT2D eigenvalue weighted by atomic mass is 9.97. The van der Waals surface area contributed by atoms with E-state index in [1.165, 1.54) is 4.90 Å². The van der Waals surface area contributed by atoms with E-state index in [0.717, 1.165) is 36.1 Å². The van der Waals surface area contributed by atoms with Gasteiger partial charge < -0.3 is 25.6 Å². The molecule has 2 aromatic rings. The molecule has 212 valence electrons. The highest BCUT2D eigenvalue weighted by Gasteiger charge is 2.33. The van der Waals surface area contributed by atoms with Crippen LogP contribution < -0.4 is 20.7 Å². The largest absolute Gasteiger partial charge is 0.489 e. The second-order valence-electron chi connectivity index (χ2n) is 10.5. The fourth-order valence-corrected chi connectivity index (χ4v) is 4.60. The van der Waals surface area contributed by atoms with E-state index in [9.17, 15) is 14.4 Å². The van der Waals surface area contributed by atoms with Crippen molar-refractivity contribution in [3.05, 3.63) is 59.9 Å². The molecule has 0 saturated heterocycles. The lowest BCUT2D eigenvalue weighted by Crippen LogP contribution is -2.57. The van der Waals surface area contributed by atoms with Gasteiger partial charge in [0, 0.05) is 39.0 Å². The lowest BCUT2D eigenvalue weighted by Gasteiger charge is -2.33. The summed E-state index contributed by atoms with van der Waals surface area (Å²) in [6, 6.07) is 9.53. The summed E-state index contributed by atoms with van der Waals surface area (Å²) in [4.78, 5) is 45.7. The zero-order valence-corrected chi connectivity index (χ0v) is 23.8. The Morgan fingerprint density at radius 2 is 1.87 bits per heavy atom. The molecule has 3 amide bonds. The summed E-state index contributed by atoms with van der Waals surface area (Å²) in [6.07, 6.45) is 5.71. The lowest BCUT2D eigenvalue weighted by molar-refractivity contribution is -0.141. The van der Waals surface area contributed by atoms with Gasteiger partial charge in [-0.05, 0) is 55.9 Å². The van der Waals surface area contributed by atoms with Crippen molar-refractivity contribution < 1.29 is 19.1 Å². The van der Waals surface area contributed by atoms with Gasteiger partial charge in [-0.15, -0.1) is 0 Å². The predicted octanol–water partition coefficient (Wildman–Crippen LogP) is 2.49. The highest BCUT2D eigenvalue weighted by atomic mass is 16.5. The Bertz CT molecular complexity index is 1100. The molecular formula is C30H43N5O4. The Labute approximate surface area is 232 Å². The van der Waals surface area contributed by atoms with Gasteiger partial charge in [0.2, 0.25) is 17.7 Å². The molecule has 1 unspecified atom stereocenters. The van der Waals surface area contributed by atoms with Crippen LogP contribution in [0.25, 0.3) is 0 Å². The van der Waals surface area contributed by atoms with Gasteiger partial charge in [-0.25, -0.2) is 0 Å². The monoisotopic (exact) mass is 537 g/mol. The molecule has 0 saturated carbocycles. The number of aryl methyl sites for hydroxylation is 1. The average molecular weight is 538 g/mol. The van der Waals surface area contributed by atoms with Crippen molar-refractivity contribution in [3.8, 4) is 5.75 Å². The Morgan fingerprint density at radius 3 is 2.59 bits per heavy atom. The van der Waals surface area contributed by atoms with Crippen molar-refractivity contribution >= 4 is 17.7 Å². The first-order chi connectivity index (χ1) is 18.7. The van der Waals surface area contributed by atoms with Crippen LogP contribution in [0, 0.1) is 5.92 Å². The Kier molecular flexibility index (Phi) is 11.3. The zero-order chi connectivity index (χ0) is 28.4. The smallest absolute Gasteiger partial charge is 0.243 e. The summed E-state index contributed by atoms with van der Waals surface area (Å²) in [5, 5.41) is 9.26. The maximum atomic E-state index is 13.6. The van der Waals surface area contributed by atoms with Crippen molar-refractivity contribution in [2.24, 2.45) is 5.92 Å². The number of para-hydroxylation sites is 1. The molecule has 1 aromatic heterocycles. The van der Waals surface area contributed by atoms with Gasteiger partial charge in [0.1, 0.15) is 23.9 Å². The molecule has 0 radical (unpaired) electrons. The first-order valence-electron chi connectivity index (χ1n) is 13.9. The van der Waals surface area contributed by atoms with Crippen LogP contribution in [0.3, 0.4) is 0 Å². The van der Waals surface area contributed by atoms with Crippen molar-refractivity contribution in [1.82, 2.24) is 25.8 Å². The third-order valence-corrected chi connectivity index (χ3v) is 7.43. The molecule has 2 heterocycles. The van der Waals surface area contributed by atoms with E-state index in [2.05, 4.69) is 20.9 Å². The normalized spacial score (nSPS) is 24.8. The molecule has 9 nitrogen and oxygen atoms in total. The van der Waals surface area contributed by atoms with Gasteiger partial charge in [0.05, 0.1) is 6.04 Å². The second kappa shape index (κ2) is 14.6. The van der Waals surface area contributed by atoms with Crippen molar-refractivity contribution in [1.29, 1.82) is 0 Å². The molecule has 0 fully saturated rings. The minimum absolute atomic E-state index is 0.0457. The number of fused-ring (bicyclic) bond motifs is 1. The van der Waals surface area contributed by atoms with Crippen LogP contribution in [0.4, 0.5) is 0 Å². The van der Waals surface area contributed by atoms with Gasteiger partial charge in [-0.2, -0.15) is 0 Å². The third kappa shape index (κ3) is 8.51. The molecule has 1 aliphatic heterocycles. The van der Waals surface area contributed by atoms with Crippen LogP contribution >= 0.6 is 0 Å². The second-order valence-corrected chi connectivity index (χ2v) is 10.5. The van der Waals surface area contributed by atoms with E-state index in [1.807, 2.05) is 51.1 Å². The maximum absolute atomic E-state index is 13.6. The summed E-state index contributed by atoms with van der Waals surface area (Å²) in [6.45, 7) is 8.65. The molecule has 5 atom stereocenters. The molecule has 1 aromatic carbocycles. The molecular weight excluding hydrogens is 494 g/mol. The Hall–Kier alpha value is -3.46. The van der Waals surface area contributed by atoms with Crippen LogP contribution in [0.1, 0.15) is 51.7 Å². The van der Waals surface area contributed by atoms with E-state index >= 15 is 0 Å². The highest BCUT2D eigenvalue weighted by Crippen LogP contribution is 2.21. The van der Waals surface area contributed by atoms with E-state index in [0.29, 0.717) is 19.5 Å². The Morgan fingerprint density at radius 1 is 1.10 bits per heavy atom. The number of hydrogen-bond donors (Lipinski definition) is 3. The van der Waals surface area contributed by atoms with E-state index in [1.54, 1.807) is 32.4 Å². The summed E-state index contributed by atoms with van der Waals surface area (Å²) in [7, 11) is 1.63. The number of rotatable bonds is 4. The molecule has 0 aliphatic carbocycles. The van der Waals surface area contributed by atoms with E-state index < -0.39 is 18.1 Å². The molecule has 1 aliphatic rings. The highest BCUT2D eigenvalue weighted by molar-refractivity contribution is 5.93. The van der Waals surface area contributed by atoms with Crippen molar-refractivity contribution in [2.45, 2.75) is 77.6 Å². The fraction of sp³-hybridized carbons (Fsp3) is 0.533. The first-order valence-corrected chi connectivity index (χ1v) is 13.9. The van der Waals surface area contributed by atoms with Crippen LogP contribution in [0.2, 0.25) is 0 Å². The van der Waals surface area contributed by atoms with Crippen molar-refractivity contribution in [3.63, 3.8) is 0 Å². The van der Waals surface area contributed by atoms with Crippen LogP contribution in [-0.4, -0.2) is 72.0 Å². The van der Waals surface area contributed by atoms with Gasteiger partial charge in [0.25, 0.3) is 0 Å². The molecule has 0 spiro atoms. The topological polar surface area (TPSA) is 113 Å². The van der Waals surface area contributed by atoms with Crippen LogP contribution in [0.15, 0.2) is 48.8 Å². The van der Waals surface area contributed by atoms with Crippen LogP contribution in [-0.2, 0) is 27.2 Å². The zero-order valence-electron chi connectivity index (χ0n) is 23.8. The number of likely N-dealkylation sites (N-methyl/N-ethyl adjacent to an activating group) is 1. The molecule has 39 heavy (non-hydrogen) atoms. The number of benzene rings is 1. The minimum Gasteiger partial charge on any atom is -0.489 e. The van der Waals surface area contributed by atoms with Crippen molar-refractivity contribution in [2.75, 3.05) is 20.1 Å². The number of aromatic nitrogens is 1.